The molecule has 19 heteroatoms. The minimum atomic E-state index is -3.48. The van der Waals surface area contributed by atoms with E-state index in [-0.39, 0.29) is 44.1 Å². The van der Waals surface area contributed by atoms with Crippen molar-refractivity contribution in [3.05, 3.63) is 41.8 Å². The lowest BCUT2D eigenvalue weighted by atomic mass is 9.86. The van der Waals surface area contributed by atoms with Crippen molar-refractivity contribution in [3.63, 3.8) is 0 Å². The van der Waals surface area contributed by atoms with Crippen molar-refractivity contribution in [2.45, 2.75) is 128 Å². The number of amides is 4. The van der Waals surface area contributed by atoms with E-state index in [4.69, 9.17) is 19.4 Å². The smallest absolute Gasteiger partial charge is 0.330 e. The fraction of sp³-hybridized carbons (Fsp3) is 0.600. The van der Waals surface area contributed by atoms with E-state index in [1.807, 2.05) is 58.2 Å². The number of allylic oxidation sites excluding steroid dienone is 1. The second-order valence-corrected chi connectivity index (χ2v) is 21.8. The number of carbonyl (C=O) groups is 4. The zero-order chi connectivity index (χ0) is 46.0. The van der Waals surface area contributed by atoms with Gasteiger partial charge in [-0.05, 0) is 69.9 Å². The number of pyridine rings is 1. The van der Waals surface area contributed by atoms with Gasteiger partial charge in [0.15, 0.2) is 5.13 Å². The molecule has 4 amide bonds. The van der Waals surface area contributed by atoms with Crippen LogP contribution >= 0.6 is 11.3 Å². The van der Waals surface area contributed by atoms with Gasteiger partial charge in [-0.3, -0.25) is 9.59 Å². The largest absolute Gasteiger partial charge is 0.497 e. The van der Waals surface area contributed by atoms with Crippen LogP contribution in [0.3, 0.4) is 0 Å². The molecule has 1 saturated carbocycles. The number of ether oxygens (including phenoxy) is 2. The molecule has 0 spiro atoms. The number of nitrogens with zero attached hydrogens (tertiary/aromatic N) is 4. The summed E-state index contributed by atoms with van der Waals surface area (Å²) in [5.41, 5.74) is -0.292. The molecule has 2 saturated heterocycles. The van der Waals surface area contributed by atoms with Crippen LogP contribution < -0.4 is 30.7 Å². The van der Waals surface area contributed by atoms with Crippen LogP contribution in [0, 0.1) is 11.3 Å². The first-order valence-corrected chi connectivity index (χ1v) is 24.8. The average Bonchev–Trinajstić information content (AvgIpc) is 3.49. The van der Waals surface area contributed by atoms with E-state index in [1.54, 1.807) is 25.3 Å². The number of carbonyl (C=O) groups excluding carboxylic acids is 3. The Morgan fingerprint density at radius 3 is 2.59 bits per heavy atom. The normalized spacial score (nSPS) is 26.4. The Morgan fingerprint density at radius 1 is 1.08 bits per heavy atom. The molecule has 2 aromatic heterocycles. The highest BCUT2D eigenvalue weighted by molar-refractivity contribution is 7.89. The van der Waals surface area contributed by atoms with Crippen molar-refractivity contribution < 1.29 is 42.2 Å². The van der Waals surface area contributed by atoms with Crippen molar-refractivity contribution in [1.82, 2.24) is 35.1 Å². The van der Waals surface area contributed by atoms with E-state index < -0.39 is 74.9 Å². The fourth-order valence-electron chi connectivity index (χ4n) is 8.71. The predicted octanol–water partition coefficient (Wildman–Crippen LogP) is 5.52. The maximum atomic E-state index is 14.9. The summed E-state index contributed by atoms with van der Waals surface area (Å²) in [5.74, 6) is -1.58. The third-order valence-corrected chi connectivity index (χ3v) is 15.3. The summed E-state index contributed by atoms with van der Waals surface area (Å²) >= 11 is 1.45. The number of benzene rings is 1. The highest BCUT2D eigenvalue weighted by atomic mass is 32.2. The number of hydrogen-bond acceptors (Lipinski definition) is 12. The molecule has 5 N–H and O–H groups in total. The topological polar surface area (TPSA) is 221 Å². The van der Waals surface area contributed by atoms with Crippen molar-refractivity contribution in [3.8, 4) is 22.9 Å². The number of aromatic nitrogens is 2. The molecular formula is C45H62N8O9S2. The van der Waals surface area contributed by atoms with Gasteiger partial charge in [0.2, 0.25) is 21.8 Å². The molecule has 5 heterocycles. The molecule has 0 radical (unpaired) electrons. The van der Waals surface area contributed by atoms with Crippen LogP contribution in [0.15, 0.2) is 41.8 Å². The summed E-state index contributed by atoms with van der Waals surface area (Å²) in [6, 6.07) is 3.98. The molecule has 4 aliphatic rings. The first-order valence-electron chi connectivity index (χ1n) is 22.3. The number of sulfonamides is 1. The van der Waals surface area contributed by atoms with Crippen LogP contribution in [0.4, 0.5) is 9.93 Å². The van der Waals surface area contributed by atoms with Gasteiger partial charge in [-0.2, -0.15) is 4.31 Å². The van der Waals surface area contributed by atoms with Gasteiger partial charge in [0.25, 0.3) is 0 Å². The molecule has 3 aliphatic heterocycles. The van der Waals surface area contributed by atoms with Crippen LogP contribution in [-0.2, 0) is 24.4 Å². The Balaban J connectivity index is 1.19. The molecule has 64 heavy (non-hydrogen) atoms. The van der Waals surface area contributed by atoms with Crippen LogP contribution in [0.1, 0.15) is 92.4 Å². The summed E-state index contributed by atoms with van der Waals surface area (Å²) in [4.78, 5) is 67.1. The molecule has 348 valence electrons. The van der Waals surface area contributed by atoms with E-state index >= 15 is 0 Å². The molecule has 1 unspecified atom stereocenters. The predicted molar refractivity (Wildman–Crippen MR) is 245 cm³/mol. The molecule has 17 nitrogen and oxygen atoms in total. The fourth-order valence-corrected chi connectivity index (χ4v) is 11.2. The van der Waals surface area contributed by atoms with Gasteiger partial charge in [0.1, 0.15) is 40.9 Å². The zero-order valence-corrected chi connectivity index (χ0v) is 39.1. The Hall–Kier alpha value is -5.01. The molecule has 7 rings (SSSR count). The number of nitrogens with one attached hydrogen (secondary N) is 4. The van der Waals surface area contributed by atoms with Crippen LogP contribution in [-0.4, -0.2) is 125 Å². The minimum absolute atomic E-state index is 0.0357. The van der Waals surface area contributed by atoms with Crippen molar-refractivity contribution >= 4 is 61.2 Å². The van der Waals surface area contributed by atoms with Gasteiger partial charge in [-0.1, -0.05) is 45.8 Å². The third-order valence-electron chi connectivity index (χ3n) is 12.6. The molecule has 0 bridgehead atoms. The van der Waals surface area contributed by atoms with E-state index in [9.17, 15) is 32.7 Å². The summed E-state index contributed by atoms with van der Waals surface area (Å²) in [6.07, 6.45) is 7.76. The van der Waals surface area contributed by atoms with Crippen molar-refractivity contribution in [1.29, 1.82) is 0 Å². The van der Waals surface area contributed by atoms with Gasteiger partial charge in [-0.15, -0.1) is 11.3 Å². The molecular weight excluding hydrogens is 861 g/mol. The molecule has 1 aliphatic carbocycles. The van der Waals surface area contributed by atoms with Gasteiger partial charge in [-0.25, -0.2) is 28.0 Å². The summed E-state index contributed by atoms with van der Waals surface area (Å²) in [5, 5.41) is 25.7. The SMILES string of the molecule is COc1ccc2c(O[C@@H]3C[C@H]4C(=O)N[C@]5(C(=O)O)CC5/C=C\CCCCC[C@@H](NC(=O)N[C@H](CN5CCCCS5(=O)=O)C(C)(C)C)C(=O)N4C3)cc(-c3csc(NC(C)C)n3)nc2c1. The van der Waals surface area contributed by atoms with Crippen LogP contribution in [0.25, 0.3) is 22.3 Å². The maximum absolute atomic E-state index is 14.9. The number of hydrogen-bond donors (Lipinski definition) is 5. The van der Waals surface area contributed by atoms with Crippen LogP contribution in [0.5, 0.6) is 11.5 Å². The van der Waals surface area contributed by atoms with Gasteiger partial charge >= 0.3 is 12.0 Å². The number of thiazole rings is 1. The third kappa shape index (κ3) is 10.7. The van der Waals surface area contributed by atoms with Crippen molar-refractivity contribution in [2.24, 2.45) is 11.3 Å². The minimum Gasteiger partial charge on any atom is -0.497 e. The van der Waals surface area contributed by atoms with Gasteiger partial charge in [0, 0.05) is 60.4 Å². The number of anilines is 1. The van der Waals surface area contributed by atoms with E-state index in [0.29, 0.717) is 59.6 Å². The van der Waals surface area contributed by atoms with E-state index in [1.165, 1.54) is 20.5 Å². The zero-order valence-electron chi connectivity index (χ0n) is 37.5. The first kappa shape index (κ1) is 47.0. The Bertz CT molecular complexity index is 2370. The van der Waals surface area contributed by atoms with E-state index in [2.05, 4.69) is 21.3 Å². The molecule has 6 atom stereocenters. The number of fused-ring (bicyclic) bond motifs is 3. The first-order chi connectivity index (χ1) is 30.4. The average molecular weight is 923 g/mol. The summed E-state index contributed by atoms with van der Waals surface area (Å²) in [6.45, 7) is 10.2. The van der Waals surface area contributed by atoms with Crippen molar-refractivity contribution in [2.75, 3.05) is 37.8 Å². The highest BCUT2D eigenvalue weighted by Gasteiger charge is 2.61. The van der Waals surface area contributed by atoms with Crippen LogP contribution in [0.2, 0.25) is 0 Å². The van der Waals surface area contributed by atoms with Gasteiger partial charge < -0.3 is 40.7 Å². The number of carboxylic acids is 1. The second kappa shape index (κ2) is 19.2. The molecule has 3 aromatic rings. The van der Waals surface area contributed by atoms with E-state index in [0.717, 1.165) is 24.4 Å². The number of rotatable bonds is 11. The molecule has 1 aromatic carbocycles. The Labute approximate surface area is 379 Å². The molecule has 3 fully saturated rings. The standard InChI is InChI=1S/C45H62N8O9S2/c1-27(2)46-43-49-35(26-63-43)34-22-37(31-17-16-29(61-6)20-33(31)47-34)62-30-21-36-39(54)51-45(41(56)57)23-28(45)14-10-8-7-9-11-15-32(40(55)53(36)24-30)48-42(58)50-38(44(3,4)5)25-52-18-12-13-19-64(52,59)60/h10,14,16-17,20,22,26-28,30,32,36,38H,7-9,11-13,15,18-19,21,23-25H2,1-6H3,(H,46,49)(H,51,54)(H,56,57)(H2,48,50,58)/b14-10-/t28?,30-,32-,36+,38-,45-/m1/s1. The Kier molecular flexibility index (Phi) is 14.1. The lowest BCUT2D eigenvalue weighted by Gasteiger charge is -2.37. The quantitative estimate of drug-likeness (QED) is 0.150. The Morgan fingerprint density at radius 2 is 1.88 bits per heavy atom. The summed E-state index contributed by atoms with van der Waals surface area (Å²) < 4.78 is 39.6. The second-order valence-electron chi connectivity index (χ2n) is 18.8. The maximum Gasteiger partial charge on any atom is 0.330 e. The number of carboxylic acid groups (broad SMARTS) is 1. The van der Waals surface area contributed by atoms with Gasteiger partial charge in [0.05, 0.1) is 30.6 Å². The number of aliphatic carboxylic acids is 1. The summed E-state index contributed by atoms with van der Waals surface area (Å²) in [7, 11) is -1.91. The lowest BCUT2D eigenvalue weighted by molar-refractivity contribution is -0.145. The lowest BCUT2D eigenvalue weighted by Crippen LogP contribution is -2.59. The number of methoxy groups -OCH3 is 1. The monoisotopic (exact) mass is 922 g/mol. The highest BCUT2D eigenvalue weighted by Crippen LogP contribution is 2.45. The number of urea groups is 1.